The predicted molar refractivity (Wildman–Crippen MR) is 226 cm³/mol. The Morgan fingerprint density at radius 3 is 1.95 bits per heavy atom. The van der Waals surface area contributed by atoms with Crippen LogP contribution in [0, 0.1) is 6.33 Å². The molecule has 0 aliphatic carbocycles. The molecule has 3 aromatic heterocycles. The molecule has 0 amide bonds. The van der Waals surface area contributed by atoms with Crippen molar-refractivity contribution in [3.8, 4) is 39.8 Å². The van der Waals surface area contributed by atoms with Crippen molar-refractivity contribution in [2.24, 2.45) is 0 Å². The molecule has 0 saturated carbocycles. The van der Waals surface area contributed by atoms with Crippen LogP contribution in [0.4, 0.5) is 0 Å². The number of fused-ring (bicyclic) bond motifs is 3. The van der Waals surface area contributed by atoms with Crippen LogP contribution in [0.25, 0.3) is 50.1 Å². The van der Waals surface area contributed by atoms with Crippen LogP contribution in [0.2, 0.25) is 0 Å². The average Bonchev–Trinajstić information content (AvgIpc) is 3.75. The van der Waals surface area contributed by atoms with E-state index in [0.29, 0.717) is 0 Å². The minimum atomic E-state index is -0.129. The largest absolute Gasteiger partial charge is 0.458 e. The number of hydrogen-bond acceptors (Lipinski definition) is 2. The van der Waals surface area contributed by atoms with Crippen LogP contribution in [0.5, 0.6) is 11.5 Å². The zero-order valence-electron chi connectivity index (χ0n) is 33.5. The second kappa shape index (κ2) is 13.4. The van der Waals surface area contributed by atoms with E-state index >= 15 is 0 Å². The van der Waals surface area contributed by atoms with Gasteiger partial charge in [-0.2, -0.15) is 0 Å². The molecule has 0 aliphatic heterocycles. The Bertz CT molecular complexity index is 2660. The number of ether oxygens (including phenoxy) is 1. The first-order valence-electron chi connectivity index (χ1n) is 19.2. The van der Waals surface area contributed by atoms with Gasteiger partial charge in [0.25, 0.3) is 6.33 Å². The van der Waals surface area contributed by atoms with Crippen molar-refractivity contribution in [2.45, 2.75) is 78.6 Å². The number of hydrogen-bond donors (Lipinski definition) is 0. The molecule has 8 aromatic rings. The molecule has 5 nitrogen and oxygen atoms in total. The molecule has 0 aliphatic rings. The van der Waals surface area contributed by atoms with Gasteiger partial charge in [0.05, 0.1) is 28.1 Å². The van der Waals surface area contributed by atoms with Crippen molar-refractivity contribution in [1.29, 1.82) is 0 Å². The number of rotatable bonds is 6. The summed E-state index contributed by atoms with van der Waals surface area (Å²) in [6, 6.07) is 45.1. The molecule has 0 unspecified atom stereocenters. The first-order valence-corrected chi connectivity index (χ1v) is 19.2. The van der Waals surface area contributed by atoms with Crippen molar-refractivity contribution in [2.75, 3.05) is 0 Å². The van der Waals surface area contributed by atoms with Crippen molar-refractivity contribution in [1.82, 2.24) is 14.1 Å². The molecule has 0 radical (unpaired) electrons. The van der Waals surface area contributed by atoms with E-state index in [9.17, 15) is 0 Å². The summed E-state index contributed by atoms with van der Waals surface area (Å²) in [5.74, 6) is 2.44. The maximum Gasteiger partial charge on any atom is 0.269 e. The molecule has 276 valence electrons. The fourth-order valence-corrected chi connectivity index (χ4v) is 7.28. The number of pyridine rings is 1. The highest BCUT2D eigenvalue weighted by molar-refractivity contribution is 6.09. The molecule has 0 spiro atoms. The summed E-state index contributed by atoms with van der Waals surface area (Å²) in [7, 11) is 0. The molecule has 3 heterocycles. The van der Waals surface area contributed by atoms with Crippen molar-refractivity contribution < 1.29 is 9.30 Å². The second-order valence-electron chi connectivity index (χ2n) is 17.7. The molecule has 0 fully saturated rings. The predicted octanol–water partition coefficient (Wildman–Crippen LogP) is 12.4. The average molecular weight is 723 g/mol. The van der Waals surface area contributed by atoms with Gasteiger partial charge in [0, 0.05) is 29.2 Å². The molecule has 0 bridgehead atoms. The van der Waals surface area contributed by atoms with E-state index in [-0.39, 0.29) is 16.2 Å². The highest BCUT2D eigenvalue weighted by Gasteiger charge is 2.24. The monoisotopic (exact) mass is 722 g/mol. The minimum Gasteiger partial charge on any atom is -0.458 e. The first-order chi connectivity index (χ1) is 26.1. The van der Waals surface area contributed by atoms with E-state index in [1.54, 1.807) is 0 Å². The summed E-state index contributed by atoms with van der Waals surface area (Å²) >= 11 is 0. The van der Waals surface area contributed by atoms with Gasteiger partial charge in [-0.05, 0) is 99.2 Å². The normalized spacial score (nSPS) is 12.5. The molecule has 0 saturated heterocycles. The Kier molecular flexibility index (Phi) is 8.80. The van der Waals surface area contributed by atoms with Crippen LogP contribution >= 0.6 is 0 Å². The quantitative estimate of drug-likeness (QED) is 0.127. The summed E-state index contributed by atoms with van der Waals surface area (Å²) in [6.07, 6.45) is 7.83. The SMILES string of the molecule is CC(C)(C)c1cc(Oc2ccc3c4ccccc4n(-c4cc(C(C)(C)C)ccn4)c3c2)cc(-n2[c-][n+](-c3ccc(-c4ccccc4)cc3)c(C(C)(C)C)c2)c1. The maximum atomic E-state index is 6.83. The summed E-state index contributed by atoms with van der Waals surface area (Å²) in [6.45, 7) is 20.2. The Morgan fingerprint density at radius 1 is 0.564 bits per heavy atom. The van der Waals surface area contributed by atoms with Crippen molar-refractivity contribution >= 4 is 21.8 Å². The molecule has 55 heavy (non-hydrogen) atoms. The smallest absolute Gasteiger partial charge is 0.269 e. The van der Waals surface area contributed by atoms with Gasteiger partial charge in [-0.1, -0.05) is 123 Å². The molecule has 8 rings (SSSR count). The summed E-state index contributed by atoms with van der Waals surface area (Å²) in [4.78, 5) is 4.87. The number of imidazole rings is 1. The van der Waals surface area contributed by atoms with Gasteiger partial charge in [-0.3, -0.25) is 13.7 Å². The van der Waals surface area contributed by atoms with Crippen LogP contribution in [0.15, 0.2) is 140 Å². The van der Waals surface area contributed by atoms with E-state index in [1.807, 2.05) is 6.20 Å². The van der Waals surface area contributed by atoms with Gasteiger partial charge in [0.2, 0.25) is 0 Å². The number of nitrogens with zero attached hydrogens (tertiary/aromatic N) is 4. The Morgan fingerprint density at radius 2 is 1.24 bits per heavy atom. The van der Waals surface area contributed by atoms with E-state index in [2.05, 4.69) is 216 Å². The maximum absolute atomic E-state index is 6.83. The Labute approximate surface area is 325 Å². The fraction of sp³-hybridized carbons (Fsp3) is 0.240. The summed E-state index contributed by atoms with van der Waals surface area (Å²) < 4.78 is 13.4. The standard InChI is InChI=1S/C50H50N4O/c1-48(2,3)36-25-26-51-47(29-36)54-44-18-14-13-17-42(44)43-24-23-40(31-45(43)54)55-41-28-37(49(4,5)6)27-39(30-41)52-32-46(50(7,8)9)53(33-52)38-21-19-35(20-22-38)34-15-11-10-12-16-34/h10-32H,1-9H3. The minimum absolute atomic E-state index is 0.00242. The van der Waals surface area contributed by atoms with Gasteiger partial charge < -0.3 is 4.74 Å². The molecule has 5 aromatic carbocycles. The summed E-state index contributed by atoms with van der Waals surface area (Å²) in [5, 5.41) is 2.35. The van der Waals surface area contributed by atoms with Crippen molar-refractivity contribution in [3.63, 3.8) is 0 Å². The van der Waals surface area contributed by atoms with Gasteiger partial charge in [-0.15, -0.1) is 0 Å². The first kappa shape index (κ1) is 36.1. The fourth-order valence-electron chi connectivity index (χ4n) is 7.28. The van der Waals surface area contributed by atoms with Crippen LogP contribution in [-0.4, -0.2) is 14.1 Å². The Balaban J connectivity index is 1.21. The van der Waals surface area contributed by atoms with E-state index in [1.165, 1.54) is 27.6 Å². The lowest BCUT2D eigenvalue weighted by Gasteiger charge is -2.22. The van der Waals surface area contributed by atoms with Gasteiger partial charge in [-0.25, -0.2) is 4.98 Å². The third kappa shape index (κ3) is 7.07. The lowest BCUT2D eigenvalue weighted by Crippen LogP contribution is -2.38. The zero-order valence-corrected chi connectivity index (χ0v) is 33.5. The highest BCUT2D eigenvalue weighted by Crippen LogP contribution is 2.37. The number of aromatic nitrogens is 4. The molecular formula is C50H50N4O. The number of para-hydroxylation sites is 1. The van der Waals surface area contributed by atoms with Gasteiger partial charge >= 0.3 is 0 Å². The van der Waals surface area contributed by atoms with E-state index in [0.717, 1.165) is 50.8 Å². The van der Waals surface area contributed by atoms with Crippen LogP contribution < -0.4 is 9.30 Å². The number of benzene rings is 5. The molecule has 5 heteroatoms. The van der Waals surface area contributed by atoms with Gasteiger partial charge in [0.15, 0.2) is 0 Å². The van der Waals surface area contributed by atoms with Crippen LogP contribution in [0.1, 0.15) is 79.1 Å². The van der Waals surface area contributed by atoms with E-state index in [4.69, 9.17) is 9.72 Å². The van der Waals surface area contributed by atoms with E-state index < -0.39 is 0 Å². The zero-order chi connectivity index (χ0) is 38.7. The lowest BCUT2D eigenvalue weighted by atomic mass is 9.86. The Hall–Kier alpha value is -5.94. The molecular weight excluding hydrogens is 673 g/mol. The molecule has 0 atom stereocenters. The third-order valence-electron chi connectivity index (χ3n) is 10.5. The second-order valence-corrected chi connectivity index (χ2v) is 17.7. The lowest BCUT2D eigenvalue weighted by molar-refractivity contribution is -0.611. The highest BCUT2D eigenvalue weighted by atomic mass is 16.5. The van der Waals surface area contributed by atoms with Crippen molar-refractivity contribution in [3.05, 3.63) is 163 Å². The topological polar surface area (TPSA) is 35.9 Å². The third-order valence-corrected chi connectivity index (χ3v) is 10.5. The van der Waals surface area contributed by atoms with Gasteiger partial charge in [0.1, 0.15) is 17.3 Å². The van der Waals surface area contributed by atoms with Crippen LogP contribution in [-0.2, 0) is 16.2 Å². The molecule has 0 N–H and O–H groups in total. The van der Waals surface area contributed by atoms with Crippen LogP contribution in [0.3, 0.4) is 0 Å². The summed E-state index contributed by atoms with van der Waals surface area (Å²) in [5.41, 5.74) is 9.95.